The van der Waals surface area contributed by atoms with Crippen LogP contribution >= 0.6 is 23.2 Å². The monoisotopic (exact) mass is 1070 g/mol. The summed E-state index contributed by atoms with van der Waals surface area (Å²) in [7, 11) is 0. The number of halogens is 4. The van der Waals surface area contributed by atoms with E-state index < -0.39 is 11.6 Å². The van der Waals surface area contributed by atoms with Crippen LogP contribution in [0, 0.1) is 23.5 Å². The Morgan fingerprint density at radius 2 is 1.07 bits per heavy atom. The van der Waals surface area contributed by atoms with Gasteiger partial charge in [-0.3, -0.25) is 4.79 Å². The van der Waals surface area contributed by atoms with Crippen LogP contribution in [0.15, 0.2) is 98.2 Å². The molecule has 0 radical (unpaired) electrons. The molecule has 10 rings (SSSR count). The topological polar surface area (TPSA) is 157 Å². The van der Waals surface area contributed by atoms with Gasteiger partial charge in [-0.1, -0.05) is 126 Å². The van der Waals surface area contributed by atoms with Crippen molar-refractivity contribution >= 4 is 62.7 Å². The predicted molar refractivity (Wildman–Crippen MR) is 301 cm³/mol. The zero-order valence-corrected chi connectivity index (χ0v) is 45.1. The molecule has 17 heteroatoms. The van der Waals surface area contributed by atoms with Gasteiger partial charge < -0.3 is 30.4 Å². The maximum absolute atomic E-state index is 16.0. The van der Waals surface area contributed by atoms with E-state index in [2.05, 4.69) is 113 Å². The maximum atomic E-state index is 16.0. The van der Waals surface area contributed by atoms with E-state index in [1.54, 1.807) is 36.9 Å². The molecular formula is C59H70Cl2F2N12O. The fourth-order valence-electron chi connectivity index (χ4n) is 12.3. The molecule has 2 aliphatic heterocycles. The van der Waals surface area contributed by atoms with Gasteiger partial charge in [-0.25, -0.2) is 38.7 Å². The van der Waals surface area contributed by atoms with Crippen molar-refractivity contribution in [2.45, 2.75) is 166 Å². The van der Waals surface area contributed by atoms with Crippen LogP contribution in [0.25, 0.3) is 44.8 Å². The summed E-state index contributed by atoms with van der Waals surface area (Å²) in [4.78, 5) is 54.0. The lowest BCUT2D eigenvalue weighted by Gasteiger charge is -2.44. The number of aromatic amines is 2. The van der Waals surface area contributed by atoms with Crippen LogP contribution in [0.5, 0.6) is 0 Å². The van der Waals surface area contributed by atoms with Crippen molar-refractivity contribution in [3.05, 3.63) is 120 Å². The summed E-state index contributed by atoms with van der Waals surface area (Å²) in [5.74, 6) is 1.25. The van der Waals surface area contributed by atoms with Gasteiger partial charge in [-0.15, -0.1) is 0 Å². The molecule has 6 aromatic rings. The molecule has 8 heterocycles. The van der Waals surface area contributed by atoms with Gasteiger partial charge in [-0.05, 0) is 87.5 Å². The van der Waals surface area contributed by atoms with Crippen molar-refractivity contribution in [3.8, 4) is 22.8 Å². The van der Waals surface area contributed by atoms with E-state index >= 15 is 13.6 Å². The zero-order chi connectivity index (χ0) is 52.5. The Kier molecular flexibility index (Phi) is 17.4. The summed E-state index contributed by atoms with van der Waals surface area (Å²) in [5.41, 5.74) is 2.68. The van der Waals surface area contributed by atoms with Gasteiger partial charge >= 0.3 is 0 Å². The quantitative estimate of drug-likeness (QED) is 0.0457. The van der Waals surface area contributed by atoms with Crippen molar-refractivity contribution in [2.24, 2.45) is 11.8 Å². The van der Waals surface area contributed by atoms with Crippen LogP contribution in [-0.4, -0.2) is 91.7 Å². The second kappa shape index (κ2) is 24.9. The molecule has 0 spiro atoms. The Hall–Kier alpha value is -6.19. The molecule has 2 fully saturated rings. The highest BCUT2D eigenvalue weighted by molar-refractivity contribution is 6.31. The van der Waals surface area contributed by atoms with E-state index in [1.165, 1.54) is 38.1 Å². The van der Waals surface area contributed by atoms with Crippen LogP contribution in [0.3, 0.4) is 0 Å². The number of H-pyrrole nitrogens is 2. The predicted octanol–water partition coefficient (Wildman–Crippen LogP) is 14.3. The molecule has 6 atom stereocenters. The van der Waals surface area contributed by atoms with Crippen molar-refractivity contribution in [1.29, 1.82) is 0 Å². The molecule has 4 N–H and O–H groups in total. The number of ketones is 1. The Labute approximate surface area is 454 Å². The third kappa shape index (κ3) is 12.5. The molecule has 2 aliphatic carbocycles. The molecule has 13 nitrogen and oxygen atoms in total. The van der Waals surface area contributed by atoms with Gasteiger partial charge in [-0.2, -0.15) is 0 Å². The van der Waals surface area contributed by atoms with Gasteiger partial charge in [0.2, 0.25) is 0 Å². The number of carbonyl (C=O) groups excluding carboxylic acids is 1. The van der Waals surface area contributed by atoms with E-state index in [0.29, 0.717) is 56.0 Å². The number of aromatic nitrogens is 8. The lowest BCUT2D eigenvalue weighted by atomic mass is 9.85. The number of allylic oxidation sites excluding steroid dienone is 4. The number of anilines is 2. The standard InChI is InChI=1S/C59H70Cl2F2N12O/c1-3-13-41(70-58-49(62)35-68-56(72-58)47-33-66-54-45(47)29-39(60)31-64-54)21-23-43-19-9-11-25-74(43)51(27-37-15-5-6-16-37)53(76)52(28-38-17-7-8-18-38)75-26-12-10-20-44(75)24-22-42(14-4-2)71-59-50(63)36-69-57(73-59)48-34-67-55-46(48)30-40(61)32-65-55/h9-12,19-20,25-26,29-38,41-44,51-52H,3-8,13-18,21-24,27-28H2,1-2H3,(H,64,66)(H,65,67)(H,68,70,72)(H,69,71,73)/t41?,42?,43?,44?,51-,52-/m1/s1. The molecule has 6 aromatic heterocycles. The fraction of sp³-hybridized carbons (Fsp3) is 0.475. The van der Waals surface area contributed by atoms with E-state index in [9.17, 15) is 0 Å². The first-order valence-electron chi connectivity index (χ1n) is 27.7. The smallest absolute Gasteiger partial charge is 0.183 e. The van der Waals surface area contributed by atoms with Crippen LogP contribution in [0.1, 0.15) is 129 Å². The molecule has 0 aromatic carbocycles. The Balaban J connectivity index is 0.874. The normalized spacial score (nSPS) is 19.6. The number of nitrogens with zero attached hydrogens (tertiary/aromatic N) is 8. The summed E-state index contributed by atoms with van der Waals surface area (Å²) < 4.78 is 31.3. The van der Waals surface area contributed by atoms with Crippen LogP contribution in [0.4, 0.5) is 20.4 Å². The van der Waals surface area contributed by atoms with Gasteiger partial charge in [0.15, 0.2) is 40.7 Å². The van der Waals surface area contributed by atoms with Gasteiger partial charge in [0, 0.05) is 83.3 Å². The van der Waals surface area contributed by atoms with Crippen LogP contribution in [-0.2, 0) is 4.79 Å². The van der Waals surface area contributed by atoms with E-state index in [-0.39, 0.29) is 53.7 Å². The average Bonchev–Trinajstić information content (AvgIpc) is 4.30. The number of pyridine rings is 2. The highest BCUT2D eigenvalue weighted by Gasteiger charge is 2.41. The minimum atomic E-state index is -0.518. The molecule has 76 heavy (non-hydrogen) atoms. The lowest BCUT2D eigenvalue weighted by molar-refractivity contribution is -0.130. The molecule has 400 valence electrons. The van der Waals surface area contributed by atoms with Gasteiger partial charge in [0.1, 0.15) is 11.3 Å². The number of rotatable bonds is 24. The maximum Gasteiger partial charge on any atom is 0.183 e. The van der Waals surface area contributed by atoms with Gasteiger partial charge in [0.05, 0.1) is 34.5 Å². The SMILES string of the molecule is CCCC(CCC1C=CC=CN1[C@H](CC1CCCC1)C(=O)[C@@H](CC1CCCC1)N1C=CC=CC1CCC(CCC)Nc1nc(-c2c[nH]c3ncc(Cl)cc23)ncc1F)Nc1nc(-c2c[nH]c3ncc(Cl)cc23)ncc1F. The summed E-state index contributed by atoms with van der Waals surface area (Å²) in [6.45, 7) is 4.28. The molecule has 0 amide bonds. The average molecular weight is 1070 g/mol. The molecular weight excluding hydrogens is 1000 g/mol. The third-order valence-corrected chi connectivity index (χ3v) is 16.6. The lowest BCUT2D eigenvalue weighted by Crippen LogP contribution is -2.54. The number of hydrogen-bond donors (Lipinski definition) is 4. The van der Waals surface area contributed by atoms with E-state index in [4.69, 9.17) is 33.2 Å². The third-order valence-electron chi connectivity index (χ3n) is 16.2. The highest BCUT2D eigenvalue weighted by Crippen LogP contribution is 2.38. The number of fused-ring (bicyclic) bond motifs is 2. The molecule has 4 unspecified atom stereocenters. The Bertz CT molecular complexity index is 2870. The largest absolute Gasteiger partial charge is 0.365 e. The van der Waals surface area contributed by atoms with Crippen molar-refractivity contribution in [1.82, 2.24) is 49.7 Å². The first kappa shape index (κ1) is 53.2. The van der Waals surface area contributed by atoms with Crippen LogP contribution in [0.2, 0.25) is 10.0 Å². The minimum absolute atomic E-state index is 0.0375. The van der Waals surface area contributed by atoms with Crippen molar-refractivity contribution in [3.63, 3.8) is 0 Å². The second-order valence-corrected chi connectivity index (χ2v) is 22.3. The minimum Gasteiger partial charge on any atom is -0.365 e. The van der Waals surface area contributed by atoms with Crippen molar-refractivity contribution in [2.75, 3.05) is 10.6 Å². The zero-order valence-electron chi connectivity index (χ0n) is 43.6. The number of Topliss-reactive ketones (excluding diaryl/α,β-unsaturated/α-hetero) is 1. The molecule has 2 saturated carbocycles. The number of carbonyl (C=O) groups is 1. The van der Waals surface area contributed by atoms with E-state index in [1.807, 2.05) is 0 Å². The highest BCUT2D eigenvalue weighted by atomic mass is 35.5. The number of hydrogen-bond acceptors (Lipinski definition) is 11. The summed E-state index contributed by atoms with van der Waals surface area (Å²) in [5, 5.41) is 9.45. The van der Waals surface area contributed by atoms with Crippen LogP contribution < -0.4 is 10.6 Å². The van der Waals surface area contributed by atoms with E-state index in [0.717, 1.165) is 101 Å². The summed E-state index contributed by atoms with van der Waals surface area (Å²) in [6.07, 6.45) is 43.6. The summed E-state index contributed by atoms with van der Waals surface area (Å²) in [6, 6.07) is 2.72. The first-order valence-corrected chi connectivity index (χ1v) is 28.5. The number of nitrogens with one attached hydrogen (secondary N) is 4. The molecule has 0 bridgehead atoms. The second-order valence-electron chi connectivity index (χ2n) is 21.4. The van der Waals surface area contributed by atoms with Crippen molar-refractivity contribution < 1.29 is 13.6 Å². The Morgan fingerprint density at radius 1 is 0.632 bits per heavy atom. The Morgan fingerprint density at radius 3 is 1.49 bits per heavy atom. The van der Waals surface area contributed by atoms with Gasteiger partial charge in [0.25, 0.3) is 0 Å². The fourth-order valence-corrected chi connectivity index (χ4v) is 12.6. The molecule has 4 aliphatic rings. The first-order chi connectivity index (χ1) is 37.1. The summed E-state index contributed by atoms with van der Waals surface area (Å²) >= 11 is 12.6. The molecule has 0 saturated heterocycles.